The first-order valence-electron chi connectivity index (χ1n) is 12.0. The van der Waals surface area contributed by atoms with Gasteiger partial charge in [-0.05, 0) is 68.3 Å². The van der Waals surface area contributed by atoms with Gasteiger partial charge in [-0.1, -0.05) is 6.07 Å². The highest BCUT2D eigenvalue weighted by Gasteiger charge is 2.39. The lowest BCUT2D eigenvalue weighted by Gasteiger charge is -2.47. The Morgan fingerprint density at radius 2 is 1.77 bits per heavy atom. The van der Waals surface area contributed by atoms with Crippen molar-refractivity contribution in [2.75, 3.05) is 37.6 Å². The van der Waals surface area contributed by atoms with Gasteiger partial charge in [-0.15, -0.1) is 0 Å². The first kappa shape index (κ1) is 24.0. The number of cyclic esters (lactones) is 1. The third kappa shape index (κ3) is 4.73. The monoisotopic (exact) mass is 490 g/mol. The second-order valence-corrected chi connectivity index (χ2v) is 9.94. The number of carbonyl (C=O) groups is 1. The van der Waals surface area contributed by atoms with Gasteiger partial charge in [-0.25, -0.2) is 14.8 Å². The average molecular weight is 491 g/mol. The van der Waals surface area contributed by atoms with Crippen molar-refractivity contribution >= 4 is 11.8 Å². The number of rotatable bonds is 4. The predicted octanol–water partition coefficient (Wildman–Crippen LogP) is 3.89. The molecule has 0 aliphatic carbocycles. The number of piperidine rings is 2. The fraction of sp³-hybridized carbons (Fsp3) is 0.560. The van der Waals surface area contributed by atoms with Crippen LogP contribution in [-0.4, -0.2) is 58.7 Å². The van der Waals surface area contributed by atoms with Crippen molar-refractivity contribution in [1.82, 2.24) is 14.9 Å². The van der Waals surface area contributed by atoms with Gasteiger partial charge in [0.2, 0.25) is 0 Å². The van der Waals surface area contributed by atoms with Crippen molar-refractivity contribution in [3.8, 4) is 0 Å². The number of β-amino-alcohol motifs (C(OH)–C–C–N with tert-alkyl or cyclic N) is 1. The molecule has 1 aromatic heterocycles. The molecule has 5 rings (SSSR count). The Kier molecular flexibility index (Phi) is 6.21. The molecule has 10 heteroatoms. The minimum absolute atomic E-state index is 0.221. The molecule has 2 saturated heterocycles. The Morgan fingerprint density at radius 3 is 2.40 bits per heavy atom. The van der Waals surface area contributed by atoms with Gasteiger partial charge >= 0.3 is 12.1 Å². The van der Waals surface area contributed by atoms with Gasteiger partial charge in [-0.2, -0.15) is 13.2 Å². The topological polar surface area (TPSA) is 78.8 Å². The standard InChI is InChI=1S/C25H29F3N4O3/c1-16-17(2-3-18-19(16)15-35-23(18)34)20(33)14-31-8-4-24(5-9-31)6-10-32(11-7-24)22-13-29-21(12-30-22)25(26,27)28/h2-3,12-13,20,33H,4-11,14-15H2,1H3/t20-/m0/s1. The molecule has 0 radical (unpaired) electrons. The normalized spacial score (nSPS) is 21.2. The highest BCUT2D eigenvalue weighted by atomic mass is 19.4. The first-order valence-corrected chi connectivity index (χ1v) is 12.0. The number of aromatic nitrogens is 2. The Labute approximate surface area is 201 Å². The third-order valence-electron chi connectivity index (χ3n) is 7.99. The molecule has 2 fully saturated rings. The summed E-state index contributed by atoms with van der Waals surface area (Å²) in [5.41, 5.74) is 2.47. The van der Waals surface area contributed by atoms with E-state index in [2.05, 4.69) is 14.9 Å². The van der Waals surface area contributed by atoms with Gasteiger partial charge in [0.05, 0.1) is 24.1 Å². The second kappa shape index (κ2) is 9.05. The number of anilines is 1. The van der Waals surface area contributed by atoms with Crippen molar-refractivity contribution < 1.29 is 27.8 Å². The molecule has 1 atom stereocenters. The molecule has 1 N–H and O–H groups in total. The van der Waals surface area contributed by atoms with Crippen molar-refractivity contribution in [3.63, 3.8) is 0 Å². The maximum atomic E-state index is 12.7. The minimum atomic E-state index is -4.48. The van der Waals surface area contributed by atoms with Gasteiger partial charge in [-0.3, -0.25) is 0 Å². The summed E-state index contributed by atoms with van der Waals surface area (Å²) in [4.78, 5) is 23.6. The molecule has 0 bridgehead atoms. The van der Waals surface area contributed by atoms with E-state index in [4.69, 9.17) is 4.74 Å². The van der Waals surface area contributed by atoms with Crippen molar-refractivity contribution in [3.05, 3.63) is 52.5 Å². The van der Waals surface area contributed by atoms with Crippen molar-refractivity contribution in [2.24, 2.45) is 5.41 Å². The lowest BCUT2D eigenvalue weighted by molar-refractivity contribution is -0.141. The smallest absolute Gasteiger partial charge is 0.434 e. The molecule has 7 nitrogen and oxygen atoms in total. The van der Waals surface area contributed by atoms with Gasteiger partial charge < -0.3 is 19.6 Å². The first-order chi connectivity index (χ1) is 16.7. The lowest BCUT2D eigenvalue weighted by Crippen LogP contribution is -2.47. The zero-order valence-electron chi connectivity index (χ0n) is 19.6. The van der Waals surface area contributed by atoms with Crippen LogP contribution in [0.4, 0.5) is 19.0 Å². The number of fused-ring (bicyclic) bond motifs is 1. The number of ether oxygens (including phenoxy) is 1. The molecule has 0 amide bonds. The van der Waals surface area contributed by atoms with Crippen molar-refractivity contribution in [1.29, 1.82) is 0 Å². The number of aliphatic hydroxyl groups excluding tert-OH is 1. The number of likely N-dealkylation sites (tertiary alicyclic amines) is 1. The summed E-state index contributed by atoms with van der Waals surface area (Å²) in [6.45, 7) is 6.01. The third-order valence-corrected chi connectivity index (χ3v) is 7.99. The van der Waals surface area contributed by atoms with E-state index in [0.29, 0.717) is 17.9 Å². The number of halogens is 3. The molecule has 2 aromatic rings. The van der Waals surface area contributed by atoms with E-state index in [1.165, 1.54) is 6.20 Å². The summed E-state index contributed by atoms with van der Waals surface area (Å²) in [6, 6.07) is 3.58. The van der Waals surface area contributed by atoms with Gasteiger partial charge in [0.1, 0.15) is 12.4 Å². The average Bonchev–Trinajstić information content (AvgIpc) is 3.22. The quantitative estimate of drug-likeness (QED) is 0.652. The van der Waals surface area contributed by atoms with E-state index in [1.54, 1.807) is 6.07 Å². The molecular formula is C25H29F3N4O3. The Bertz CT molecular complexity index is 1090. The SMILES string of the molecule is Cc1c([C@@H](O)CN2CCC3(CC2)CCN(c2cnc(C(F)(F)F)cn2)CC3)ccc2c1COC2=O. The summed E-state index contributed by atoms with van der Waals surface area (Å²) in [7, 11) is 0. The number of hydrogen-bond donors (Lipinski definition) is 1. The van der Waals surface area contributed by atoms with Crippen LogP contribution in [-0.2, 0) is 17.5 Å². The summed E-state index contributed by atoms with van der Waals surface area (Å²) in [6.07, 6.45) is 0.880. The molecule has 0 unspecified atom stereocenters. The number of esters is 1. The summed E-state index contributed by atoms with van der Waals surface area (Å²) in [5, 5.41) is 10.9. The maximum absolute atomic E-state index is 12.7. The van der Waals surface area contributed by atoms with E-state index in [9.17, 15) is 23.1 Å². The molecule has 0 saturated carbocycles. The highest BCUT2D eigenvalue weighted by molar-refractivity contribution is 5.93. The molecule has 1 aromatic carbocycles. The van der Waals surface area contributed by atoms with E-state index in [-0.39, 0.29) is 18.0 Å². The fourth-order valence-electron chi connectivity index (χ4n) is 5.62. The molecule has 3 aliphatic rings. The zero-order chi connectivity index (χ0) is 24.8. The molecule has 4 heterocycles. The molecule has 35 heavy (non-hydrogen) atoms. The molecule has 188 valence electrons. The minimum Gasteiger partial charge on any atom is -0.457 e. The van der Waals surface area contributed by atoms with Crippen LogP contribution in [0.2, 0.25) is 0 Å². The Morgan fingerprint density at radius 1 is 1.09 bits per heavy atom. The van der Waals surface area contributed by atoms with E-state index in [1.807, 2.05) is 17.9 Å². The van der Waals surface area contributed by atoms with Crippen LogP contribution in [0.3, 0.4) is 0 Å². The molecular weight excluding hydrogens is 461 g/mol. The van der Waals surface area contributed by atoms with Gasteiger partial charge in [0.25, 0.3) is 0 Å². The molecule has 3 aliphatic heterocycles. The van der Waals surface area contributed by atoms with Crippen LogP contribution in [0.1, 0.15) is 64.5 Å². The van der Waals surface area contributed by atoms with E-state index in [0.717, 1.165) is 74.7 Å². The maximum Gasteiger partial charge on any atom is 0.434 e. The highest BCUT2D eigenvalue weighted by Crippen LogP contribution is 2.42. The lowest BCUT2D eigenvalue weighted by atomic mass is 9.71. The summed E-state index contributed by atoms with van der Waals surface area (Å²) in [5.74, 6) is 0.187. The van der Waals surface area contributed by atoms with Crippen LogP contribution in [0, 0.1) is 12.3 Å². The number of carbonyl (C=O) groups excluding carboxylic acids is 1. The summed E-state index contributed by atoms with van der Waals surface area (Å²) < 4.78 is 43.3. The Balaban J connectivity index is 1.14. The largest absolute Gasteiger partial charge is 0.457 e. The number of benzene rings is 1. The number of aliphatic hydroxyl groups is 1. The zero-order valence-corrected chi connectivity index (χ0v) is 19.6. The van der Waals surface area contributed by atoms with Crippen molar-refractivity contribution in [2.45, 2.75) is 51.5 Å². The van der Waals surface area contributed by atoms with E-state index < -0.39 is 18.0 Å². The van der Waals surface area contributed by atoms with Gasteiger partial charge in [0.15, 0.2) is 5.69 Å². The van der Waals surface area contributed by atoms with Crippen LogP contribution in [0.15, 0.2) is 24.5 Å². The second-order valence-electron chi connectivity index (χ2n) is 9.94. The Hall–Kier alpha value is -2.72. The van der Waals surface area contributed by atoms with Crippen LogP contribution < -0.4 is 4.90 Å². The van der Waals surface area contributed by atoms with E-state index >= 15 is 0 Å². The van der Waals surface area contributed by atoms with Gasteiger partial charge in [0, 0.05) is 25.2 Å². The number of nitrogens with zero attached hydrogens (tertiary/aromatic N) is 4. The molecule has 1 spiro atoms. The predicted molar refractivity (Wildman–Crippen MR) is 122 cm³/mol. The van der Waals surface area contributed by atoms with Crippen LogP contribution >= 0.6 is 0 Å². The number of hydrogen-bond acceptors (Lipinski definition) is 7. The fourth-order valence-corrected chi connectivity index (χ4v) is 5.62. The number of alkyl halides is 3. The van der Waals surface area contributed by atoms with Crippen LogP contribution in [0.5, 0.6) is 0 Å². The summed E-state index contributed by atoms with van der Waals surface area (Å²) >= 11 is 0. The van der Waals surface area contributed by atoms with Crippen LogP contribution in [0.25, 0.3) is 0 Å².